The minimum absolute atomic E-state index is 0.0437. The molecule has 1 fully saturated rings. The summed E-state index contributed by atoms with van der Waals surface area (Å²) in [5.74, 6) is 0.174. The van der Waals surface area contributed by atoms with Crippen LogP contribution in [0.25, 0.3) is 5.82 Å². The Kier molecular flexibility index (Phi) is 4.49. The van der Waals surface area contributed by atoms with Crippen molar-refractivity contribution >= 4 is 23.2 Å². The van der Waals surface area contributed by atoms with Gasteiger partial charge in [-0.05, 0) is 44.0 Å². The lowest BCUT2D eigenvalue weighted by atomic mass is 10.2. The van der Waals surface area contributed by atoms with Crippen LogP contribution in [0.5, 0.6) is 0 Å². The maximum Gasteiger partial charge on any atom is 0.274 e. The fourth-order valence-electron chi connectivity index (χ4n) is 3.35. The third kappa shape index (κ3) is 3.35. The Morgan fingerprint density at radius 2 is 2.11 bits per heavy atom. The number of carbonyl (C=O) groups excluding carboxylic acids is 2. The molecule has 4 rings (SSSR count). The molecule has 138 valence electrons. The van der Waals surface area contributed by atoms with E-state index in [2.05, 4.69) is 9.97 Å². The van der Waals surface area contributed by atoms with Gasteiger partial charge >= 0.3 is 0 Å². The minimum Gasteiger partial charge on any atom is -0.365 e. The number of amides is 2. The van der Waals surface area contributed by atoms with E-state index in [1.807, 2.05) is 36.1 Å². The number of aromatic nitrogens is 3. The van der Waals surface area contributed by atoms with E-state index in [1.165, 1.54) is 11.3 Å². The second kappa shape index (κ2) is 6.96. The number of carbonyl (C=O) groups is 2. The zero-order valence-electron chi connectivity index (χ0n) is 14.8. The van der Waals surface area contributed by atoms with Crippen molar-refractivity contribution in [3.05, 3.63) is 64.0 Å². The number of pyridine rings is 1. The molecule has 0 spiro atoms. The van der Waals surface area contributed by atoms with Crippen LogP contribution in [-0.2, 0) is 0 Å². The van der Waals surface area contributed by atoms with E-state index in [1.54, 1.807) is 23.2 Å². The van der Waals surface area contributed by atoms with E-state index in [9.17, 15) is 9.59 Å². The second-order valence-corrected chi connectivity index (χ2v) is 7.64. The summed E-state index contributed by atoms with van der Waals surface area (Å²) in [6.45, 7) is 2.59. The first-order chi connectivity index (χ1) is 13.0. The third-order valence-corrected chi connectivity index (χ3v) is 5.85. The molecule has 0 aromatic carbocycles. The van der Waals surface area contributed by atoms with Crippen molar-refractivity contribution in [2.75, 3.05) is 6.54 Å². The van der Waals surface area contributed by atoms with Crippen LogP contribution < -0.4 is 5.73 Å². The predicted molar refractivity (Wildman–Crippen MR) is 102 cm³/mol. The van der Waals surface area contributed by atoms with Crippen molar-refractivity contribution in [1.82, 2.24) is 19.4 Å². The van der Waals surface area contributed by atoms with E-state index in [-0.39, 0.29) is 11.9 Å². The number of rotatable bonds is 4. The lowest BCUT2D eigenvalue weighted by Crippen LogP contribution is -2.30. The number of hydrogen-bond acceptors (Lipinski definition) is 5. The van der Waals surface area contributed by atoms with E-state index >= 15 is 0 Å². The first kappa shape index (κ1) is 17.4. The Morgan fingerprint density at radius 3 is 2.85 bits per heavy atom. The summed E-state index contributed by atoms with van der Waals surface area (Å²) in [6.07, 6.45) is 5.10. The third-order valence-electron chi connectivity index (χ3n) is 4.65. The van der Waals surface area contributed by atoms with Gasteiger partial charge in [0.25, 0.3) is 11.8 Å². The fourth-order valence-corrected chi connectivity index (χ4v) is 4.36. The number of imidazole rings is 1. The van der Waals surface area contributed by atoms with Gasteiger partial charge in [-0.2, -0.15) is 0 Å². The van der Waals surface area contributed by atoms with Gasteiger partial charge in [-0.15, -0.1) is 11.3 Å². The molecule has 2 N–H and O–H groups in total. The molecule has 3 aromatic heterocycles. The molecule has 8 heteroatoms. The zero-order valence-corrected chi connectivity index (χ0v) is 15.6. The molecule has 4 heterocycles. The first-order valence-corrected chi connectivity index (χ1v) is 9.53. The molecule has 1 atom stereocenters. The highest BCUT2D eigenvalue weighted by Gasteiger charge is 2.32. The van der Waals surface area contributed by atoms with Crippen LogP contribution in [0.2, 0.25) is 0 Å². The number of nitrogens with zero attached hydrogens (tertiary/aromatic N) is 4. The molecule has 7 nitrogen and oxygen atoms in total. The number of hydrogen-bond donors (Lipinski definition) is 1. The highest BCUT2D eigenvalue weighted by atomic mass is 32.1. The molecule has 2 amide bonds. The summed E-state index contributed by atoms with van der Waals surface area (Å²) in [5, 5.41) is 0. The summed E-state index contributed by atoms with van der Waals surface area (Å²) >= 11 is 1.35. The Morgan fingerprint density at radius 1 is 1.26 bits per heavy atom. The standard InChI is InChI=1S/C19H19N5O2S/c1-12-4-2-6-17(22-12)23-10-13(21-11-23)19(26)24-9-3-5-14(24)15-7-8-16(27-15)18(20)25/h2,4,6-8,10-11,14H,3,5,9H2,1H3,(H2,20,25). The van der Waals surface area contributed by atoms with E-state index in [4.69, 9.17) is 5.73 Å². The minimum atomic E-state index is -0.438. The van der Waals surface area contributed by atoms with Gasteiger partial charge < -0.3 is 10.6 Å². The van der Waals surface area contributed by atoms with E-state index < -0.39 is 5.91 Å². The largest absolute Gasteiger partial charge is 0.365 e. The molecule has 0 radical (unpaired) electrons. The van der Waals surface area contributed by atoms with E-state index in [0.717, 1.165) is 29.2 Å². The lowest BCUT2D eigenvalue weighted by molar-refractivity contribution is 0.0732. The quantitative estimate of drug-likeness (QED) is 0.752. The summed E-state index contributed by atoms with van der Waals surface area (Å²) in [4.78, 5) is 36.4. The number of likely N-dealkylation sites (tertiary alicyclic amines) is 1. The molecule has 0 aliphatic carbocycles. The SMILES string of the molecule is Cc1cccc(-n2cnc(C(=O)N3CCCC3c3ccc(C(N)=O)s3)c2)n1. The Bertz CT molecular complexity index is 1010. The number of thiophene rings is 1. The van der Waals surface area contributed by atoms with Crippen LogP contribution in [0.1, 0.15) is 49.6 Å². The van der Waals surface area contributed by atoms with Crippen molar-refractivity contribution < 1.29 is 9.59 Å². The van der Waals surface area contributed by atoms with Gasteiger partial charge in [0.2, 0.25) is 0 Å². The van der Waals surface area contributed by atoms with Gasteiger partial charge in [-0.25, -0.2) is 9.97 Å². The topological polar surface area (TPSA) is 94.1 Å². The average molecular weight is 381 g/mol. The summed E-state index contributed by atoms with van der Waals surface area (Å²) in [7, 11) is 0. The fraction of sp³-hybridized carbons (Fsp3) is 0.263. The molecule has 3 aromatic rings. The molecule has 1 unspecified atom stereocenters. The summed E-state index contributed by atoms with van der Waals surface area (Å²) in [5.41, 5.74) is 6.64. The van der Waals surface area contributed by atoms with Crippen LogP contribution in [0.15, 0.2) is 42.9 Å². The average Bonchev–Trinajstić information content (AvgIpc) is 3.40. The molecule has 0 bridgehead atoms. The molecule has 1 aliphatic rings. The Labute approximate surface area is 160 Å². The van der Waals surface area contributed by atoms with Gasteiger partial charge in [0.05, 0.1) is 10.9 Å². The van der Waals surface area contributed by atoms with Crippen molar-refractivity contribution in [3.63, 3.8) is 0 Å². The number of nitrogens with two attached hydrogens (primary N) is 1. The van der Waals surface area contributed by atoms with Gasteiger partial charge in [0.1, 0.15) is 17.8 Å². The van der Waals surface area contributed by atoms with Crippen molar-refractivity contribution in [3.8, 4) is 5.82 Å². The maximum atomic E-state index is 13.0. The molecule has 0 saturated carbocycles. The zero-order chi connectivity index (χ0) is 19.0. The first-order valence-electron chi connectivity index (χ1n) is 8.71. The number of primary amides is 1. The van der Waals surface area contributed by atoms with Gasteiger partial charge in [0, 0.05) is 23.3 Å². The van der Waals surface area contributed by atoms with Crippen LogP contribution in [0, 0.1) is 6.92 Å². The van der Waals surface area contributed by atoms with Gasteiger partial charge in [-0.3, -0.25) is 14.2 Å². The highest BCUT2D eigenvalue weighted by Crippen LogP contribution is 2.36. The molecular formula is C19H19N5O2S. The molecule has 1 saturated heterocycles. The summed E-state index contributed by atoms with van der Waals surface area (Å²) < 4.78 is 1.75. The van der Waals surface area contributed by atoms with Gasteiger partial charge in [-0.1, -0.05) is 6.07 Å². The smallest absolute Gasteiger partial charge is 0.274 e. The van der Waals surface area contributed by atoms with Crippen LogP contribution >= 0.6 is 11.3 Å². The highest BCUT2D eigenvalue weighted by molar-refractivity contribution is 7.14. The Balaban J connectivity index is 1.57. The van der Waals surface area contributed by atoms with Gasteiger partial charge in [0.15, 0.2) is 0 Å². The van der Waals surface area contributed by atoms with Crippen LogP contribution in [-0.4, -0.2) is 37.8 Å². The second-order valence-electron chi connectivity index (χ2n) is 6.53. The van der Waals surface area contributed by atoms with Crippen LogP contribution in [0.3, 0.4) is 0 Å². The lowest BCUT2D eigenvalue weighted by Gasteiger charge is -2.23. The maximum absolute atomic E-state index is 13.0. The van der Waals surface area contributed by atoms with Crippen molar-refractivity contribution in [2.45, 2.75) is 25.8 Å². The predicted octanol–water partition coefficient (Wildman–Crippen LogP) is 2.71. The van der Waals surface area contributed by atoms with E-state index in [0.29, 0.717) is 17.1 Å². The van der Waals surface area contributed by atoms with Crippen LogP contribution in [0.4, 0.5) is 0 Å². The number of aryl methyl sites for hydroxylation is 1. The van der Waals surface area contributed by atoms with Crippen molar-refractivity contribution in [2.24, 2.45) is 5.73 Å². The normalized spacial score (nSPS) is 16.6. The molecule has 1 aliphatic heterocycles. The van der Waals surface area contributed by atoms with Crippen molar-refractivity contribution in [1.29, 1.82) is 0 Å². The monoisotopic (exact) mass is 381 g/mol. The summed E-state index contributed by atoms with van der Waals surface area (Å²) in [6, 6.07) is 9.28. The molecular weight excluding hydrogens is 362 g/mol. The molecule has 27 heavy (non-hydrogen) atoms. The Hall–Kier alpha value is -3.00.